The van der Waals surface area contributed by atoms with Crippen molar-refractivity contribution in [2.75, 3.05) is 4.72 Å². The van der Waals surface area contributed by atoms with Gasteiger partial charge < -0.3 is 0 Å². The predicted molar refractivity (Wildman–Crippen MR) is 78.6 cm³/mol. The average molecular weight is 352 g/mol. The molecule has 0 bridgehead atoms. The summed E-state index contributed by atoms with van der Waals surface area (Å²) in [5.74, 6) is 0. The quantitative estimate of drug-likeness (QED) is 0.921. The number of benzene rings is 1. The van der Waals surface area contributed by atoms with E-state index in [0.29, 0.717) is 5.69 Å². The first-order valence-electron chi connectivity index (χ1n) is 5.57. The fourth-order valence-corrected chi connectivity index (χ4v) is 3.10. The van der Waals surface area contributed by atoms with Crippen LogP contribution in [0.2, 0.25) is 0 Å². The van der Waals surface area contributed by atoms with Crippen molar-refractivity contribution in [3.05, 3.63) is 52.3 Å². The molecule has 7 heteroatoms. The molecular formula is C13H10BrN3O2S. The Hall–Kier alpha value is -1.91. The number of halogens is 1. The Labute approximate surface area is 125 Å². The van der Waals surface area contributed by atoms with E-state index in [1.165, 1.54) is 12.1 Å². The number of nitrogens with one attached hydrogen (secondary N) is 1. The van der Waals surface area contributed by atoms with E-state index >= 15 is 0 Å². The molecule has 2 aromatic rings. The van der Waals surface area contributed by atoms with Gasteiger partial charge in [-0.15, -0.1) is 0 Å². The molecule has 1 heterocycles. The molecule has 0 spiro atoms. The van der Waals surface area contributed by atoms with E-state index in [0.717, 1.165) is 16.2 Å². The Bertz CT molecular complexity index is 780. The fourth-order valence-electron chi connectivity index (χ4n) is 1.55. The van der Waals surface area contributed by atoms with E-state index in [2.05, 4.69) is 25.6 Å². The summed E-state index contributed by atoms with van der Waals surface area (Å²) < 4.78 is 27.8. The maximum Gasteiger partial charge on any atom is 0.263 e. The van der Waals surface area contributed by atoms with Crippen LogP contribution in [0.25, 0.3) is 0 Å². The zero-order chi connectivity index (χ0) is 14.8. The van der Waals surface area contributed by atoms with E-state index in [1.54, 1.807) is 19.1 Å². The molecule has 1 aromatic carbocycles. The summed E-state index contributed by atoms with van der Waals surface area (Å²) in [7, 11) is -3.71. The van der Waals surface area contributed by atoms with Gasteiger partial charge in [0.25, 0.3) is 10.0 Å². The molecule has 0 aliphatic rings. The molecule has 0 aliphatic carbocycles. The molecule has 0 saturated heterocycles. The summed E-state index contributed by atoms with van der Waals surface area (Å²) in [6.07, 6.45) is 1.16. The van der Waals surface area contributed by atoms with Crippen molar-refractivity contribution in [1.29, 1.82) is 5.26 Å². The van der Waals surface area contributed by atoms with Gasteiger partial charge in [-0.05, 0) is 42.8 Å². The molecule has 0 fully saturated rings. The van der Waals surface area contributed by atoms with Crippen LogP contribution in [0.4, 0.5) is 5.69 Å². The van der Waals surface area contributed by atoms with Crippen LogP contribution in [0.1, 0.15) is 11.3 Å². The highest BCUT2D eigenvalue weighted by molar-refractivity contribution is 9.10. The van der Waals surface area contributed by atoms with Crippen molar-refractivity contribution in [2.24, 2.45) is 0 Å². The van der Waals surface area contributed by atoms with Crippen LogP contribution in [-0.4, -0.2) is 13.4 Å². The lowest BCUT2D eigenvalue weighted by atomic mass is 10.2. The zero-order valence-electron chi connectivity index (χ0n) is 10.5. The summed E-state index contributed by atoms with van der Waals surface area (Å²) in [4.78, 5) is 3.77. The third kappa shape index (κ3) is 3.15. The van der Waals surface area contributed by atoms with Crippen LogP contribution in [0, 0.1) is 18.3 Å². The Morgan fingerprint density at radius 3 is 2.60 bits per heavy atom. The molecule has 1 aromatic heterocycles. The minimum absolute atomic E-state index is 0.0128. The molecule has 0 unspecified atom stereocenters. The lowest BCUT2D eigenvalue weighted by molar-refractivity contribution is 0.600. The lowest BCUT2D eigenvalue weighted by Crippen LogP contribution is -2.14. The number of anilines is 1. The van der Waals surface area contributed by atoms with Crippen LogP contribution < -0.4 is 4.72 Å². The average Bonchev–Trinajstić information content (AvgIpc) is 2.42. The summed E-state index contributed by atoms with van der Waals surface area (Å²) in [6, 6.07) is 9.79. The normalized spacial score (nSPS) is 10.8. The summed E-state index contributed by atoms with van der Waals surface area (Å²) in [6.45, 7) is 1.81. The molecular weight excluding hydrogens is 342 g/mol. The van der Waals surface area contributed by atoms with Gasteiger partial charge in [0.1, 0.15) is 16.7 Å². The van der Waals surface area contributed by atoms with Gasteiger partial charge in [0, 0.05) is 10.7 Å². The third-order valence-corrected chi connectivity index (χ3v) is 4.44. The summed E-state index contributed by atoms with van der Waals surface area (Å²) >= 11 is 3.32. The second-order valence-corrected chi connectivity index (χ2v) is 6.65. The number of nitrogens with zero attached hydrogens (tertiary/aromatic N) is 2. The molecule has 20 heavy (non-hydrogen) atoms. The summed E-state index contributed by atoms with van der Waals surface area (Å²) in [5.41, 5.74) is 1.46. The standard InChI is InChI=1S/C13H10BrN3O2S/c1-9-6-10(14)2-5-13(9)17-20(18,19)12-4-3-11(7-15)16-8-12/h2-6,8,17H,1H3. The van der Waals surface area contributed by atoms with Gasteiger partial charge in [-0.2, -0.15) is 5.26 Å². The minimum atomic E-state index is -3.71. The maximum atomic E-state index is 12.2. The first-order valence-corrected chi connectivity index (χ1v) is 7.85. The number of hydrogen-bond acceptors (Lipinski definition) is 4. The molecule has 0 aliphatic heterocycles. The number of sulfonamides is 1. The van der Waals surface area contributed by atoms with Crippen molar-refractivity contribution in [1.82, 2.24) is 4.98 Å². The van der Waals surface area contributed by atoms with Crippen LogP contribution in [0.15, 0.2) is 45.9 Å². The van der Waals surface area contributed by atoms with Crippen LogP contribution in [-0.2, 0) is 10.0 Å². The molecule has 0 amide bonds. The van der Waals surface area contributed by atoms with Crippen LogP contribution >= 0.6 is 15.9 Å². The van der Waals surface area contributed by atoms with E-state index in [9.17, 15) is 8.42 Å². The SMILES string of the molecule is Cc1cc(Br)ccc1NS(=O)(=O)c1ccc(C#N)nc1. The van der Waals surface area contributed by atoms with Crippen molar-refractivity contribution < 1.29 is 8.42 Å². The molecule has 1 N–H and O–H groups in total. The van der Waals surface area contributed by atoms with Crippen molar-refractivity contribution in [3.63, 3.8) is 0 Å². The molecule has 0 radical (unpaired) electrons. The highest BCUT2D eigenvalue weighted by Gasteiger charge is 2.15. The van der Waals surface area contributed by atoms with Gasteiger partial charge >= 0.3 is 0 Å². The highest BCUT2D eigenvalue weighted by atomic mass is 79.9. The van der Waals surface area contributed by atoms with E-state index in [-0.39, 0.29) is 10.6 Å². The van der Waals surface area contributed by atoms with Gasteiger partial charge in [0.05, 0.1) is 5.69 Å². The van der Waals surface area contributed by atoms with Crippen LogP contribution in [0.5, 0.6) is 0 Å². The first-order chi connectivity index (χ1) is 9.42. The number of pyridine rings is 1. The van der Waals surface area contributed by atoms with Gasteiger partial charge in [-0.1, -0.05) is 15.9 Å². The Kier molecular flexibility index (Phi) is 4.06. The van der Waals surface area contributed by atoms with E-state index < -0.39 is 10.0 Å². The minimum Gasteiger partial charge on any atom is -0.279 e. The second kappa shape index (κ2) is 5.61. The number of hydrogen-bond donors (Lipinski definition) is 1. The topological polar surface area (TPSA) is 82.9 Å². The summed E-state index contributed by atoms with van der Waals surface area (Å²) in [5, 5.41) is 8.65. The third-order valence-electron chi connectivity index (χ3n) is 2.59. The lowest BCUT2D eigenvalue weighted by Gasteiger charge is -2.10. The number of aromatic nitrogens is 1. The Morgan fingerprint density at radius 2 is 2.05 bits per heavy atom. The monoisotopic (exact) mass is 351 g/mol. The van der Waals surface area contributed by atoms with Crippen molar-refractivity contribution >= 4 is 31.6 Å². The van der Waals surface area contributed by atoms with E-state index in [4.69, 9.17) is 5.26 Å². The molecule has 102 valence electrons. The molecule has 0 saturated carbocycles. The van der Waals surface area contributed by atoms with Gasteiger partial charge in [0.2, 0.25) is 0 Å². The Morgan fingerprint density at radius 1 is 1.30 bits per heavy atom. The van der Waals surface area contributed by atoms with Gasteiger partial charge in [0.15, 0.2) is 0 Å². The van der Waals surface area contributed by atoms with Crippen molar-refractivity contribution in [2.45, 2.75) is 11.8 Å². The zero-order valence-corrected chi connectivity index (χ0v) is 12.9. The maximum absolute atomic E-state index is 12.2. The molecule has 5 nitrogen and oxygen atoms in total. The predicted octanol–water partition coefficient (Wildman–Crippen LogP) is 2.83. The fraction of sp³-hybridized carbons (Fsp3) is 0.0769. The van der Waals surface area contributed by atoms with Crippen LogP contribution in [0.3, 0.4) is 0 Å². The van der Waals surface area contributed by atoms with E-state index in [1.807, 2.05) is 12.1 Å². The number of aryl methyl sites for hydroxylation is 1. The number of rotatable bonds is 3. The molecule has 2 rings (SSSR count). The molecule has 0 atom stereocenters. The Balaban J connectivity index is 2.33. The first kappa shape index (κ1) is 14.5. The largest absolute Gasteiger partial charge is 0.279 e. The van der Waals surface area contributed by atoms with Gasteiger partial charge in [-0.3, -0.25) is 4.72 Å². The smallest absolute Gasteiger partial charge is 0.263 e. The van der Waals surface area contributed by atoms with Crippen molar-refractivity contribution in [3.8, 4) is 6.07 Å². The number of nitriles is 1. The van der Waals surface area contributed by atoms with Gasteiger partial charge in [-0.25, -0.2) is 13.4 Å². The highest BCUT2D eigenvalue weighted by Crippen LogP contribution is 2.22. The second-order valence-electron chi connectivity index (χ2n) is 4.06.